The number of methoxy groups -OCH3 is 1. The summed E-state index contributed by atoms with van der Waals surface area (Å²) in [6.07, 6.45) is 5.10. The van der Waals surface area contributed by atoms with Gasteiger partial charge in [-0.2, -0.15) is 0 Å². The fraction of sp³-hybridized carbons (Fsp3) is 0.938. The number of amides is 1. The minimum atomic E-state index is -0.380. The summed E-state index contributed by atoms with van der Waals surface area (Å²) < 4.78 is 10.4. The second-order valence-corrected chi connectivity index (χ2v) is 5.95. The summed E-state index contributed by atoms with van der Waals surface area (Å²) >= 11 is 0. The van der Waals surface area contributed by atoms with Crippen LogP contribution in [0.25, 0.3) is 0 Å². The number of hydrogen-bond donors (Lipinski definition) is 1. The summed E-state index contributed by atoms with van der Waals surface area (Å²) in [5.74, 6) is 0.253. The molecule has 1 aliphatic rings. The van der Waals surface area contributed by atoms with Crippen molar-refractivity contribution in [2.45, 2.75) is 64.6 Å². The molecule has 5 heteroatoms. The highest BCUT2D eigenvalue weighted by atomic mass is 16.5. The van der Waals surface area contributed by atoms with Gasteiger partial charge in [-0.3, -0.25) is 10.1 Å². The summed E-state index contributed by atoms with van der Waals surface area (Å²) in [4.78, 5) is 14.6. The molecule has 124 valence electrons. The van der Waals surface area contributed by atoms with E-state index < -0.39 is 0 Å². The number of ether oxygens (including phenoxy) is 2. The second kappa shape index (κ2) is 9.38. The Morgan fingerprint density at radius 1 is 1.24 bits per heavy atom. The molecular formula is C16H32N2O3. The first-order valence-electron chi connectivity index (χ1n) is 8.24. The molecule has 2 unspecified atom stereocenters. The average molecular weight is 300 g/mol. The number of nitrogens with one attached hydrogen (secondary N) is 1. The third kappa shape index (κ3) is 5.24. The van der Waals surface area contributed by atoms with Crippen LogP contribution in [0.5, 0.6) is 0 Å². The minimum Gasteiger partial charge on any atom is -0.382 e. The van der Waals surface area contributed by atoms with Crippen molar-refractivity contribution in [1.29, 1.82) is 0 Å². The predicted molar refractivity (Wildman–Crippen MR) is 84.2 cm³/mol. The zero-order valence-electron chi connectivity index (χ0n) is 14.1. The van der Waals surface area contributed by atoms with E-state index in [1.165, 1.54) is 0 Å². The Labute approximate surface area is 129 Å². The van der Waals surface area contributed by atoms with Crippen LogP contribution >= 0.6 is 0 Å². The summed E-state index contributed by atoms with van der Waals surface area (Å²) in [7, 11) is 1.67. The molecule has 1 amide bonds. The Hall–Kier alpha value is -0.650. The van der Waals surface area contributed by atoms with Gasteiger partial charge < -0.3 is 14.4 Å². The first-order valence-corrected chi connectivity index (χ1v) is 8.24. The normalized spacial score (nSPS) is 25.8. The molecule has 0 bridgehead atoms. The van der Waals surface area contributed by atoms with E-state index in [-0.39, 0.29) is 17.6 Å². The Kier molecular flexibility index (Phi) is 8.22. The van der Waals surface area contributed by atoms with Crippen molar-refractivity contribution in [2.75, 3.05) is 33.5 Å². The van der Waals surface area contributed by atoms with E-state index >= 15 is 0 Å². The smallest absolute Gasteiger partial charge is 0.243 e. The maximum atomic E-state index is 12.6. The molecule has 1 N–H and O–H groups in total. The van der Waals surface area contributed by atoms with Crippen LogP contribution in [0.2, 0.25) is 0 Å². The molecule has 21 heavy (non-hydrogen) atoms. The molecule has 1 saturated heterocycles. The summed E-state index contributed by atoms with van der Waals surface area (Å²) in [6.45, 7) is 9.10. The molecule has 0 aliphatic carbocycles. The van der Waals surface area contributed by atoms with Gasteiger partial charge in [-0.05, 0) is 32.6 Å². The first kappa shape index (κ1) is 18.4. The van der Waals surface area contributed by atoms with Crippen molar-refractivity contribution >= 4 is 5.91 Å². The Balaban J connectivity index is 2.35. The fourth-order valence-corrected chi connectivity index (χ4v) is 2.71. The van der Waals surface area contributed by atoms with E-state index in [0.717, 1.165) is 45.3 Å². The van der Waals surface area contributed by atoms with Crippen LogP contribution in [0, 0.1) is 0 Å². The third-order valence-electron chi connectivity index (χ3n) is 4.23. The van der Waals surface area contributed by atoms with Gasteiger partial charge in [-0.1, -0.05) is 20.3 Å². The van der Waals surface area contributed by atoms with Crippen LogP contribution < -0.4 is 5.32 Å². The molecule has 1 heterocycles. The van der Waals surface area contributed by atoms with Crippen LogP contribution in [0.4, 0.5) is 0 Å². The molecule has 0 spiro atoms. The number of unbranched alkanes of at least 4 members (excludes halogenated alkanes) is 1. The molecule has 0 aromatic heterocycles. The van der Waals surface area contributed by atoms with Gasteiger partial charge in [-0.15, -0.1) is 0 Å². The van der Waals surface area contributed by atoms with Crippen molar-refractivity contribution in [3.8, 4) is 0 Å². The first-order chi connectivity index (χ1) is 10.1. The van der Waals surface area contributed by atoms with Gasteiger partial charge in [-0.25, -0.2) is 0 Å². The zero-order valence-corrected chi connectivity index (χ0v) is 14.1. The maximum absolute atomic E-state index is 12.6. The van der Waals surface area contributed by atoms with Gasteiger partial charge in [0, 0.05) is 20.3 Å². The van der Waals surface area contributed by atoms with Crippen LogP contribution in [0.3, 0.4) is 0 Å². The van der Waals surface area contributed by atoms with E-state index in [1.54, 1.807) is 7.11 Å². The lowest BCUT2D eigenvalue weighted by Crippen LogP contribution is -2.43. The molecule has 0 aromatic rings. The molecule has 1 rings (SSSR count). The molecule has 0 aromatic carbocycles. The largest absolute Gasteiger partial charge is 0.382 e. The standard InChI is InChI=1S/C16H32N2O3/c1-5-9-14-17-16(3,6-2)15(19)18(14)10-7-8-11-21-13-12-20-4/h14,17H,5-13H2,1-4H3. The van der Waals surface area contributed by atoms with Gasteiger partial charge in [0.2, 0.25) is 5.91 Å². The molecule has 0 radical (unpaired) electrons. The van der Waals surface area contributed by atoms with E-state index in [0.29, 0.717) is 13.2 Å². The molecular weight excluding hydrogens is 268 g/mol. The highest BCUT2D eigenvalue weighted by molar-refractivity contribution is 5.88. The van der Waals surface area contributed by atoms with Crippen LogP contribution in [-0.2, 0) is 14.3 Å². The highest BCUT2D eigenvalue weighted by Crippen LogP contribution is 2.26. The Bertz CT molecular complexity index is 312. The number of carbonyl (C=O) groups is 1. The summed E-state index contributed by atoms with van der Waals surface area (Å²) in [5, 5.41) is 3.52. The lowest BCUT2D eigenvalue weighted by molar-refractivity contribution is -0.133. The van der Waals surface area contributed by atoms with Crippen molar-refractivity contribution in [3.63, 3.8) is 0 Å². The Morgan fingerprint density at radius 2 is 2.00 bits per heavy atom. The van der Waals surface area contributed by atoms with Crippen molar-refractivity contribution < 1.29 is 14.3 Å². The molecule has 1 fully saturated rings. The number of nitrogens with zero attached hydrogens (tertiary/aromatic N) is 1. The third-order valence-corrected chi connectivity index (χ3v) is 4.23. The predicted octanol–water partition coefficient (Wildman–Crippen LogP) is 2.16. The molecule has 0 saturated carbocycles. The maximum Gasteiger partial charge on any atom is 0.243 e. The molecule has 2 atom stereocenters. The summed E-state index contributed by atoms with van der Waals surface area (Å²) in [5.41, 5.74) is -0.380. The Morgan fingerprint density at radius 3 is 2.62 bits per heavy atom. The van der Waals surface area contributed by atoms with Crippen molar-refractivity contribution in [1.82, 2.24) is 10.2 Å². The molecule has 1 aliphatic heterocycles. The second-order valence-electron chi connectivity index (χ2n) is 5.95. The van der Waals surface area contributed by atoms with Gasteiger partial charge in [0.1, 0.15) is 0 Å². The highest BCUT2D eigenvalue weighted by Gasteiger charge is 2.45. The number of rotatable bonds is 11. The minimum absolute atomic E-state index is 0.196. The molecule has 5 nitrogen and oxygen atoms in total. The van der Waals surface area contributed by atoms with Gasteiger partial charge >= 0.3 is 0 Å². The van der Waals surface area contributed by atoms with E-state index in [9.17, 15) is 4.79 Å². The zero-order chi connectivity index (χ0) is 15.7. The fourth-order valence-electron chi connectivity index (χ4n) is 2.71. The van der Waals surface area contributed by atoms with Crippen LogP contribution in [0.1, 0.15) is 52.9 Å². The van der Waals surface area contributed by atoms with Crippen molar-refractivity contribution in [2.24, 2.45) is 0 Å². The summed E-state index contributed by atoms with van der Waals surface area (Å²) in [6, 6.07) is 0. The van der Waals surface area contributed by atoms with Crippen LogP contribution in [-0.4, -0.2) is 56.0 Å². The number of carbonyl (C=O) groups excluding carboxylic acids is 1. The average Bonchev–Trinajstić information content (AvgIpc) is 2.71. The van der Waals surface area contributed by atoms with Gasteiger partial charge in [0.15, 0.2) is 0 Å². The van der Waals surface area contributed by atoms with E-state index in [1.807, 2.05) is 11.8 Å². The SMILES string of the molecule is CCCC1NC(C)(CC)C(=O)N1CCCCOCCOC. The van der Waals surface area contributed by atoms with E-state index in [2.05, 4.69) is 19.2 Å². The van der Waals surface area contributed by atoms with E-state index in [4.69, 9.17) is 9.47 Å². The number of hydrogen-bond acceptors (Lipinski definition) is 4. The monoisotopic (exact) mass is 300 g/mol. The topological polar surface area (TPSA) is 50.8 Å². The quantitative estimate of drug-likeness (QED) is 0.594. The van der Waals surface area contributed by atoms with Gasteiger partial charge in [0.25, 0.3) is 0 Å². The van der Waals surface area contributed by atoms with Crippen molar-refractivity contribution in [3.05, 3.63) is 0 Å². The van der Waals surface area contributed by atoms with Gasteiger partial charge in [0.05, 0.1) is 24.9 Å². The van der Waals surface area contributed by atoms with Crippen LogP contribution in [0.15, 0.2) is 0 Å². The lowest BCUT2D eigenvalue weighted by Gasteiger charge is -2.23. The lowest BCUT2D eigenvalue weighted by atomic mass is 9.99.